The summed E-state index contributed by atoms with van der Waals surface area (Å²) in [6, 6.07) is 0. The van der Waals surface area contributed by atoms with Crippen LogP contribution in [-0.4, -0.2) is 30.8 Å². The topological polar surface area (TPSA) is 12.0 Å². The zero-order chi connectivity index (χ0) is 10.4. The molecule has 1 N–H and O–H groups in total. The average molecular weight is 227 g/mol. The van der Waals surface area contributed by atoms with Crippen LogP contribution in [0.1, 0.15) is 19.3 Å². The normalized spacial score (nSPS) is 19.9. The maximum Gasteiger partial charge on any atom is 0.401 e. The SMILES string of the molecule is FC(F)(F)CNCCC1CCSCC1. The molecule has 1 heterocycles. The molecule has 1 aliphatic heterocycles. The van der Waals surface area contributed by atoms with Crippen molar-refractivity contribution in [1.82, 2.24) is 5.32 Å². The van der Waals surface area contributed by atoms with Crippen LogP contribution in [0.25, 0.3) is 0 Å². The molecule has 0 atom stereocenters. The third-order valence-electron chi connectivity index (χ3n) is 2.40. The van der Waals surface area contributed by atoms with Gasteiger partial charge in [0.15, 0.2) is 0 Å². The van der Waals surface area contributed by atoms with Crippen LogP contribution < -0.4 is 5.32 Å². The predicted octanol–water partition coefficient (Wildman–Crippen LogP) is 2.67. The second-order valence-electron chi connectivity index (χ2n) is 3.64. The van der Waals surface area contributed by atoms with E-state index in [1.807, 2.05) is 11.8 Å². The summed E-state index contributed by atoms with van der Waals surface area (Å²) in [6.07, 6.45) is -0.851. The van der Waals surface area contributed by atoms with Gasteiger partial charge in [0.25, 0.3) is 0 Å². The lowest BCUT2D eigenvalue weighted by Crippen LogP contribution is -2.30. The number of thioether (sulfide) groups is 1. The molecule has 0 aromatic heterocycles. The first kappa shape index (κ1) is 12.2. The largest absolute Gasteiger partial charge is 0.401 e. The highest BCUT2D eigenvalue weighted by molar-refractivity contribution is 7.99. The quantitative estimate of drug-likeness (QED) is 0.741. The van der Waals surface area contributed by atoms with E-state index < -0.39 is 12.7 Å². The minimum Gasteiger partial charge on any atom is -0.309 e. The van der Waals surface area contributed by atoms with Gasteiger partial charge in [0, 0.05) is 0 Å². The van der Waals surface area contributed by atoms with Gasteiger partial charge in [-0.2, -0.15) is 24.9 Å². The van der Waals surface area contributed by atoms with Crippen molar-refractivity contribution in [2.24, 2.45) is 5.92 Å². The summed E-state index contributed by atoms with van der Waals surface area (Å²) in [7, 11) is 0. The van der Waals surface area contributed by atoms with E-state index in [9.17, 15) is 13.2 Å². The van der Waals surface area contributed by atoms with E-state index in [0.717, 1.165) is 6.42 Å². The van der Waals surface area contributed by atoms with Gasteiger partial charge in [0.1, 0.15) is 0 Å². The number of alkyl halides is 3. The van der Waals surface area contributed by atoms with Gasteiger partial charge in [-0.15, -0.1) is 0 Å². The molecule has 0 aromatic carbocycles. The average Bonchev–Trinajstić information content (AvgIpc) is 2.13. The number of halogens is 3. The fourth-order valence-corrected chi connectivity index (χ4v) is 2.78. The first-order valence-electron chi connectivity index (χ1n) is 4.93. The van der Waals surface area contributed by atoms with Crippen LogP contribution in [0.4, 0.5) is 13.2 Å². The molecule has 0 spiro atoms. The Hall–Kier alpha value is 0.100. The van der Waals surface area contributed by atoms with Crippen LogP contribution >= 0.6 is 11.8 Å². The number of hydrogen-bond acceptors (Lipinski definition) is 2. The van der Waals surface area contributed by atoms with E-state index in [1.165, 1.54) is 24.3 Å². The summed E-state index contributed by atoms with van der Waals surface area (Å²) in [5.74, 6) is 2.98. The van der Waals surface area contributed by atoms with E-state index in [0.29, 0.717) is 12.5 Å². The minimum absolute atomic E-state index is 0.495. The summed E-state index contributed by atoms with van der Waals surface area (Å²) in [6.45, 7) is -0.358. The van der Waals surface area contributed by atoms with Crippen molar-refractivity contribution in [3.63, 3.8) is 0 Å². The maximum atomic E-state index is 11.8. The molecule has 0 aliphatic carbocycles. The summed E-state index contributed by atoms with van der Waals surface area (Å²) in [4.78, 5) is 0. The first-order valence-corrected chi connectivity index (χ1v) is 6.08. The molecule has 0 radical (unpaired) electrons. The van der Waals surface area contributed by atoms with Crippen molar-refractivity contribution in [3.8, 4) is 0 Å². The highest BCUT2D eigenvalue weighted by atomic mass is 32.2. The molecule has 0 bridgehead atoms. The summed E-state index contributed by atoms with van der Waals surface area (Å²) < 4.78 is 35.3. The lowest BCUT2D eigenvalue weighted by molar-refractivity contribution is -0.124. The van der Waals surface area contributed by atoms with E-state index in [4.69, 9.17) is 0 Å². The van der Waals surface area contributed by atoms with E-state index in [1.54, 1.807) is 0 Å². The van der Waals surface area contributed by atoms with Crippen LogP contribution in [0, 0.1) is 5.92 Å². The van der Waals surface area contributed by atoms with Crippen molar-refractivity contribution in [2.45, 2.75) is 25.4 Å². The molecular formula is C9H16F3NS. The van der Waals surface area contributed by atoms with Gasteiger partial charge in [-0.1, -0.05) is 0 Å². The Bertz CT molecular complexity index is 155. The Labute approximate surface area is 86.8 Å². The summed E-state index contributed by atoms with van der Waals surface area (Å²) >= 11 is 1.94. The highest BCUT2D eigenvalue weighted by Gasteiger charge is 2.26. The van der Waals surface area contributed by atoms with Crippen molar-refractivity contribution in [3.05, 3.63) is 0 Å². The Morgan fingerprint density at radius 2 is 1.86 bits per heavy atom. The molecule has 0 saturated carbocycles. The molecular weight excluding hydrogens is 211 g/mol. The second kappa shape index (κ2) is 5.85. The zero-order valence-electron chi connectivity index (χ0n) is 8.07. The third kappa shape index (κ3) is 5.75. The van der Waals surface area contributed by atoms with Gasteiger partial charge in [-0.25, -0.2) is 0 Å². The molecule has 84 valence electrons. The minimum atomic E-state index is -4.07. The first-order chi connectivity index (χ1) is 6.58. The van der Waals surface area contributed by atoms with E-state index >= 15 is 0 Å². The Balaban J connectivity index is 1.97. The fraction of sp³-hybridized carbons (Fsp3) is 1.00. The smallest absolute Gasteiger partial charge is 0.309 e. The van der Waals surface area contributed by atoms with Crippen molar-refractivity contribution >= 4 is 11.8 Å². The van der Waals surface area contributed by atoms with Crippen molar-refractivity contribution in [1.29, 1.82) is 0 Å². The lowest BCUT2D eigenvalue weighted by atomic mass is 9.99. The molecule has 1 rings (SSSR count). The lowest BCUT2D eigenvalue weighted by Gasteiger charge is -2.21. The van der Waals surface area contributed by atoms with E-state index in [-0.39, 0.29) is 0 Å². The van der Waals surface area contributed by atoms with E-state index in [2.05, 4.69) is 5.32 Å². The molecule has 0 aromatic rings. The molecule has 5 heteroatoms. The summed E-state index contributed by atoms with van der Waals surface area (Å²) in [5, 5.41) is 2.44. The Morgan fingerprint density at radius 3 is 2.43 bits per heavy atom. The molecule has 1 nitrogen and oxygen atoms in total. The molecule has 0 amide bonds. The molecule has 1 saturated heterocycles. The molecule has 1 aliphatic rings. The number of nitrogens with one attached hydrogen (secondary N) is 1. The number of rotatable bonds is 4. The van der Waals surface area contributed by atoms with Gasteiger partial charge in [-0.3, -0.25) is 0 Å². The predicted molar refractivity (Wildman–Crippen MR) is 53.6 cm³/mol. The van der Waals surface area contributed by atoms with Gasteiger partial charge in [0.05, 0.1) is 6.54 Å². The van der Waals surface area contributed by atoms with Crippen molar-refractivity contribution < 1.29 is 13.2 Å². The monoisotopic (exact) mass is 227 g/mol. The maximum absolute atomic E-state index is 11.8. The molecule has 0 unspecified atom stereocenters. The van der Waals surface area contributed by atoms with Gasteiger partial charge in [0.2, 0.25) is 0 Å². The van der Waals surface area contributed by atoms with Crippen LogP contribution in [-0.2, 0) is 0 Å². The standard InChI is InChI=1S/C9H16F3NS/c10-9(11,12)7-13-4-1-8-2-5-14-6-3-8/h8,13H,1-7H2. The molecule has 14 heavy (non-hydrogen) atoms. The van der Waals surface area contributed by atoms with Crippen molar-refractivity contribution in [2.75, 3.05) is 24.6 Å². The fourth-order valence-electron chi connectivity index (χ4n) is 1.57. The van der Waals surface area contributed by atoms with Crippen LogP contribution in [0.2, 0.25) is 0 Å². The molecule has 1 fully saturated rings. The van der Waals surface area contributed by atoms with Gasteiger partial charge < -0.3 is 5.32 Å². The summed E-state index contributed by atoms with van der Waals surface area (Å²) in [5.41, 5.74) is 0. The Kier molecular flexibility index (Phi) is 5.09. The second-order valence-corrected chi connectivity index (χ2v) is 4.86. The zero-order valence-corrected chi connectivity index (χ0v) is 8.89. The van der Waals surface area contributed by atoms with Crippen LogP contribution in [0.3, 0.4) is 0 Å². The Morgan fingerprint density at radius 1 is 1.21 bits per heavy atom. The third-order valence-corrected chi connectivity index (χ3v) is 3.44. The van der Waals surface area contributed by atoms with Gasteiger partial charge >= 0.3 is 6.18 Å². The number of hydrogen-bond donors (Lipinski definition) is 1. The van der Waals surface area contributed by atoms with Crippen LogP contribution in [0.15, 0.2) is 0 Å². The highest BCUT2D eigenvalue weighted by Crippen LogP contribution is 2.24. The van der Waals surface area contributed by atoms with Gasteiger partial charge in [-0.05, 0) is 43.2 Å². The van der Waals surface area contributed by atoms with Crippen LogP contribution in [0.5, 0.6) is 0 Å².